The number of aromatic nitrogens is 4. The van der Waals surface area contributed by atoms with E-state index >= 15 is 0 Å². The largest absolute Gasteiger partial charge is 0.310 e. The lowest BCUT2D eigenvalue weighted by Crippen LogP contribution is -2.22. The number of nitrogens with one attached hydrogen (secondary N) is 1. The quantitative estimate of drug-likeness (QED) is 0.891. The second-order valence-electron chi connectivity index (χ2n) is 4.88. The highest BCUT2D eigenvalue weighted by molar-refractivity contribution is 7.16. The average Bonchev–Trinajstić information content (AvgIpc) is 2.97. The van der Waals surface area contributed by atoms with Crippen molar-refractivity contribution in [1.29, 1.82) is 0 Å². The molecule has 0 bridgehead atoms. The summed E-state index contributed by atoms with van der Waals surface area (Å²) in [5.41, 5.74) is 0. The topological polar surface area (TPSA) is 55.6 Å². The van der Waals surface area contributed by atoms with Crippen molar-refractivity contribution in [2.24, 2.45) is 5.92 Å². The van der Waals surface area contributed by atoms with Crippen LogP contribution in [0.2, 0.25) is 4.34 Å². The molecule has 0 saturated carbocycles. The van der Waals surface area contributed by atoms with Crippen LogP contribution in [-0.2, 0) is 6.54 Å². The number of rotatable bonds is 6. The van der Waals surface area contributed by atoms with E-state index < -0.39 is 0 Å². The van der Waals surface area contributed by atoms with Gasteiger partial charge in [0.2, 0.25) is 0 Å². The van der Waals surface area contributed by atoms with Crippen LogP contribution in [-0.4, -0.2) is 26.8 Å². The van der Waals surface area contributed by atoms with E-state index in [1.807, 2.05) is 16.8 Å². The maximum Gasteiger partial charge on any atom is 0.165 e. The number of hydrogen-bond acceptors (Lipinski definition) is 5. The maximum atomic E-state index is 5.97. The van der Waals surface area contributed by atoms with Crippen LogP contribution in [0.3, 0.4) is 0 Å². The Balaban J connectivity index is 2.06. The standard InChI is InChI=1S/C12H18ClN5S/c1-8(2)6-14-7-12-15-16-17-18(12)9(3)10-4-5-11(13)19-10/h4-5,8-9,14H,6-7H2,1-3H3. The van der Waals surface area contributed by atoms with E-state index in [0.717, 1.165) is 21.6 Å². The fourth-order valence-corrected chi connectivity index (χ4v) is 2.87. The molecular formula is C12H18ClN5S. The van der Waals surface area contributed by atoms with Crippen LogP contribution >= 0.6 is 22.9 Å². The normalized spacial score (nSPS) is 13.1. The number of halogens is 1. The van der Waals surface area contributed by atoms with Gasteiger partial charge in [0.15, 0.2) is 5.82 Å². The summed E-state index contributed by atoms with van der Waals surface area (Å²) < 4.78 is 2.63. The molecule has 0 spiro atoms. The first-order valence-electron chi connectivity index (χ1n) is 6.30. The van der Waals surface area contributed by atoms with E-state index in [9.17, 15) is 0 Å². The summed E-state index contributed by atoms with van der Waals surface area (Å²) in [5, 5.41) is 15.3. The number of hydrogen-bond donors (Lipinski definition) is 1. The summed E-state index contributed by atoms with van der Waals surface area (Å²) in [7, 11) is 0. The first-order valence-corrected chi connectivity index (χ1v) is 7.50. The Bertz CT molecular complexity index is 522. The molecule has 0 aliphatic carbocycles. The number of nitrogens with zero attached hydrogens (tertiary/aromatic N) is 4. The van der Waals surface area contributed by atoms with Crippen molar-refractivity contribution >= 4 is 22.9 Å². The van der Waals surface area contributed by atoms with Gasteiger partial charge in [-0.2, -0.15) is 0 Å². The van der Waals surface area contributed by atoms with Gasteiger partial charge in [-0.25, -0.2) is 4.68 Å². The fourth-order valence-electron chi connectivity index (χ4n) is 1.78. The molecule has 2 aromatic heterocycles. The Hall–Kier alpha value is -0.980. The van der Waals surface area contributed by atoms with Gasteiger partial charge in [-0.3, -0.25) is 0 Å². The van der Waals surface area contributed by atoms with Crippen LogP contribution in [0.5, 0.6) is 0 Å². The van der Waals surface area contributed by atoms with Crippen LogP contribution in [0.25, 0.3) is 0 Å². The van der Waals surface area contributed by atoms with Crippen molar-refractivity contribution in [2.75, 3.05) is 6.54 Å². The van der Waals surface area contributed by atoms with Crippen LogP contribution in [0.1, 0.15) is 37.5 Å². The summed E-state index contributed by atoms with van der Waals surface area (Å²) in [6.45, 7) is 8.05. The summed E-state index contributed by atoms with van der Waals surface area (Å²) in [4.78, 5) is 1.16. The van der Waals surface area contributed by atoms with Gasteiger partial charge in [0.1, 0.15) is 0 Å². The van der Waals surface area contributed by atoms with E-state index in [1.54, 1.807) is 11.3 Å². The smallest absolute Gasteiger partial charge is 0.165 e. The fraction of sp³-hybridized carbons (Fsp3) is 0.583. The third-order valence-corrected chi connectivity index (χ3v) is 4.17. The van der Waals surface area contributed by atoms with Gasteiger partial charge in [0.05, 0.1) is 16.9 Å². The Morgan fingerprint density at radius 3 is 2.79 bits per heavy atom. The summed E-state index contributed by atoms with van der Waals surface area (Å²) >= 11 is 7.53. The van der Waals surface area contributed by atoms with Crippen LogP contribution < -0.4 is 5.32 Å². The molecule has 0 aromatic carbocycles. The Morgan fingerprint density at radius 2 is 2.16 bits per heavy atom. The molecule has 2 aromatic rings. The molecule has 1 N–H and O–H groups in total. The predicted octanol–water partition coefficient (Wildman–Crippen LogP) is 2.74. The first kappa shape index (κ1) is 14.4. The SMILES string of the molecule is CC(C)CNCc1nnnn1C(C)c1ccc(Cl)s1. The molecule has 19 heavy (non-hydrogen) atoms. The molecule has 7 heteroatoms. The molecule has 104 valence electrons. The van der Waals surface area contributed by atoms with E-state index in [1.165, 1.54) is 0 Å². The van der Waals surface area contributed by atoms with Crippen molar-refractivity contribution in [1.82, 2.24) is 25.5 Å². The van der Waals surface area contributed by atoms with Crippen molar-refractivity contribution in [3.63, 3.8) is 0 Å². The highest BCUT2D eigenvalue weighted by atomic mass is 35.5. The molecule has 0 aliphatic heterocycles. The molecule has 0 radical (unpaired) electrons. The molecule has 0 amide bonds. The van der Waals surface area contributed by atoms with Crippen molar-refractivity contribution in [3.8, 4) is 0 Å². The van der Waals surface area contributed by atoms with Gasteiger partial charge in [-0.05, 0) is 41.9 Å². The summed E-state index contributed by atoms with van der Waals surface area (Å²) in [5.74, 6) is 1.45. The second kappa shape index (κ2) is 6.45. The van der Waals surface area contributed by atoms with E-state index in [0.29, 0.717) is 12.5 Å². The molecule has 0 fully saturated rings. The monoisotopic (exact) mass is 299 g/mol. The maximum absolute atomic E-state index is 5.97. The van der Waals surface area contributed by atoms with Crippen molar-refractivity contribution in [3.05, 3.63) is 27.2 Å². The van der Waals surface area contributed by atoms with Crippen molar-refractivity contribution in [2.45, 2.75) is 33.4 Å². The second-order valence-corrected chi connectivity index (χ2v) is 6.63. The Labute approximate surface area is 122 Å². The average molecular weight is 300 g/mol. The predicted molar refractivity (Wildman–Crippen MR) is 77.5 cm³/mol. The van der Waals surface area contributed by atoms with Gasteiger partial charge in [-0.15, -0.1) is 16.4 Å². The van der Waals surface area contributed by atoms with Crippen molar-refractivity contribution < 1.29 is 0 Å². The van der Waals surface area contributed by atoms with E-state index in [2.05, 4.69) is 41.6 Å². The third-order valence-electron chi connectivity index (χ3n) is 2.77. The van der Waals surface area contributed by atoms with E-state index in [-0.39, 0.29) is 6.04 Å². The first-order chi connectivity index (χ1) is 9.08. The van der Waals surface area contributed by atoms with Gasteiger partial charge >= 0.3 is 0 Å². The minimum Gasteiger partial charge on any atom is -0.310 e. The lowest BCUT2D eigenvalue weighted by molar-refractivity contribution is 0.491. The molecule has 2 rings (SSSR count). The Morgan fingerprint density at radius 1 is 1.37 bits per heavy atom. The zero-order valence-corrected chi connectivity index (χ0v) is 12.9. The third kappa shape index (κ3) is 3.75. The lowest BCUT2D eigenvalue weighted by atomic mass is 10.2. The van der Waals surface area contributed by atoms with Crippen LogP contribution in [0.4, 0.5) is 0 Å². The highest BCUT2D eigenvalue weighted by Gasteiger charge is 2.16. The zero-order chi connectivity index (χ0) is 13.8. The number of tetrazole rings is 1. The zero-order valence-electron chi connectivity index (χ0n) is 11.3. The van der Waals surface area contributed by atoms with Gasteiger partial charge in [0, 0.05) is 4.88 Å². The summed E-state index contributed by atoms with van der Waals surface area (Å²) in [6, 6.07) is 4.02. The highest BCUT2D eigenvalue weighted by Crippen LogP contribution is 2.28. The van der Waals surface area contributed by atoms with E-state index in [4.69, 9.17) is 11.6 Å². The molecule has 1 atom stereocenters. The minimum absolute atomic E-state index is 0.100. The van der Waals surface area contributed by atoms with Gasteiger partial charge < -0.3 is 5.32 Å². The van der Waals surface area contributed by atoms with Crippen LogP contribution in [0.15, 0.2) is 12.1 Å². The number of thiophene rings is 1. The van der Waals surface area contributed by atoms with Crippen LogP contribution in [0, 0.1) is 5.92 Å². The van der Waals surface area contributed by atoms with Gasteiger partial charge in [-0.1, -0.05) is 25.4 Å². The molecule has 0 saturated heterocycles. The lowest BCUT2D eigenvalue weighted by Gasteiger charge is -2.12. The summed E-state index contributed by atoms with van der Waals surface area (Å²) in [6.07, 6.45) is 0. The minimum atomic E-state index is 0.100. The Kier molecular flexibility index (Phi) is 4.90. The van der Waals surface area contributed by atoms with Gasteiger partial charge in [0.25, 0.3) is 0 Å². The molecule has 0 aliphatic rings. The molecule has 1 unspecified atom stereocenters. The molecule has 5 nitrogen and oxygen atoms in total. The molecule has 2 heterocycles. The molecular weight excluding hydrogens is 282 g/mol.